The lowest BCUT2D eigenvalue weighted by Gasteiger charge is -2.30. The van der Waals surface area contributed by atoms with Crippen LogP contribution in [0.5, 0.6) is 5.75 Å². The molecule has 2 amide bonds. The average molecular weight is 463 g/mol. The zero-order valence-corrected chi connectivity index (χ0v) is 19.5. The van der Waals surface area contributed by atoms with Gasteiger partial charge in [-0.1, -0.05) is 30.3 Å². The van der Waals surface area contributed by atoms with Crippen LogP contribution in [0.4, 0.5) is 5.69 Å². The van der Waals surface area contributed by atoms with Gasteiger partial charge in [-0.3, -0.25) is 14.6 Å². The number of carbonyl (C=O) groups is 2. The molecule has 2 heterocycles. The number of ether oxygens (including phenoxy) is 2. The molecule has 2 unspecified atom stereocenters. The van der Waals surface area contributed by atoms with Gasteiger partial charge in [0.25, 0.3) is 0 Å². The zero-order chi connectivity index (χ0) is 23.9. The van der Waals surface area contributed by atoms with Crippen LogP contribution < -0.4 is 20.3 Å². The topological polar surface area (TPSA) is 92.8 Å². The quantitative estimate of drug-likeness (QED) is 0.606. The highest BCUT2D eigenvalue weighted by molar-refractivity contribution is 6.01. The number of carbonyl (C=O) groups excluding carboxylic acids is 2. The molecule has 3 aromatic rings. The number of fused-ring (bicyclic) bond motifs is 2. The van der Waals surface area contributed by atoms with E-state index in [0.29, 0.717) is 44.2 Å². The summed E-state index contributed by atoms with van der Waals surface area (Å²) in [5, 5.41) is 6.81. The van der Waals surface area contributed by atoms with E-state index in [4.69, 9.17) is 9.47 Å². The highest BCUT2D eigenvalue weighted by atomic mass is 16.5. The first-order valence-electron chi connectivity index (χ1n) is 11.5. The number of hydrogen-bond donors (Lipinski definition) is 2. The second-order valence-corrected chi connectivity index (χ2v) is 8.20. The number of hydrogen-bond acceptors (Lipinski definition) is 6. The second kappa shape index (κ2) is 11.1. The van der Waals surface area contributed by atoms with Crippen LogP contribution in [0.15, 0.2) is 60.8 Å². The van der Waals surface area contributed by atoms with Gasteiger partial charge in [0.05, 0.1) is 30.4 Å². The van der Waals surface area contributed by atoms with Crippen molar-refractivity contribution in [2.75, 3.05) is 31.8 Å². The van der Waals surface area contributed by atoms with Gasteiger partial charge in [0.1, 0.15) is 18.4 Å². The molecule has 2 aromatic carbocycles. The first kappa shape index (κ1) is 23.7. The molecule has 34 heavy (non-hydrogen) atoms. The van der Waals surface area contributed by atoms with Gasteiger partial charge >= 0.3 is 0 Å². The highest BCUT2D eigenvalue weighted by Gasteiger charge is 2.30. The smallest absolute Gasteiger partial charge is 0.250 e. The van der Waals surface area contributed by atoms with E-state index in [-0.39, 0.29) is 11.8 Å². The number of nitrogens with zero attached hydrogens (tertiary/aromatic N) is 2. The maximum atomic E-state index is 14.0. The van der Waals surface area contributed by atoms with Crippen LogP contribution in [-0.2, 0) is 20.9 Å². The Morgan fingerprint density at radius 2 is 1.91 bits per heavy atom. The van der Waals surface area contributed by atoms with Gasteiger partial charge in [0, 0.05) is 18.2 Å². The summed E-state index contributed by atoms with van der Waals surface area (Å²) in [6, 6.07) is 16.0. The van der Waals surface area contributed by atoms with E-state index in [1.807, 2.05) is 54.6 Å². The molecule has 178 valence electrons. The summed E-state index contributed by atoms with van der Waals surface area (Å²) in [6.07, 6.45) is 2.11. The SMILES string of the molecule is CNC(C)C(=O)NC1CCOCCOc2ccccc2N(Cc2ccnc3ccccc23)C1=O. The van der Waals surface area contributed by atoms with Gasteiger partial charge in [-0.25, -0.2) is 0 Å². The third-order valence-electron chi connectivity index (χ3n) is 5.97. The Hall–Kier alpha value is -3.49. The Bertz CT molecular complexity index is 1150. The van der Waals surface area contributed by atoms with Gasteiger partial charge < -0.3 is 25.0 Å². The zero-order valence-electron chi connectivity index (χ0n) is 19.5. The van der Waals surface area contributed by atoms with Crippen molar-refractivity contribution in [3.63, 3.8) is 0 Å². The number of nitrogens with one attached hydrogen (secondary N) is 2. The van der Waals surface area contributed by atoms with E-state index in [9.17, 15) is 9.59 Å². The molecule has 0 radical (unpaired) electrons. The predicted molar refractivity (Wildman–Crippen MR) is 131 cm³/mol. The van der Waals surface area contributed by atoms with Gasteiger partial charge in [0.2, 0.25) is 11.8 Å². The molecular weight excluding hydrogens is 432 g/mol. The lowest BCUT2D eigenvalue weighted by atomic mass is 10.1. The number of para-hydroxylation sites is 3. The van der Waals surface area contributed by atoms with Crippen LogP contribution in [0.25, 0.3) is 10.9 Å². The molecule has 0 fully saturated rings. The van der Waals surface area contributed by atoms with Crippen LogP contribution >= 0.6 is 0 Å². The Kier molecular flexibility index (Phi) is 7.72. The number of benzene rings is 2. The number of pyridine rings is 1. The number of amides is 2. The second-order valence-electron chi connectivity index (χ2n) is 8.20. The molecule has 8 heteroatoms. The van der Waals surface area contributed by atoms with Gasteiger partial charge in [-0.15, -0.1) is 0 Å². The van der Waals surface area contributed by atoms with Crippen molar-refractivity contribution in [2.24, 2.45) is 0 Å². The monoisotopic (exact) mass is 462 g/mol. The lowest BCUT2D eigenvalue weighted by Crippen LogP contribution is -2.53. The summed E-state index contributed by atoms with van der Waals surface area (Å²) < 4.78 is 11.6. The predicted octanol–water partition coefficient (Wildman–Crippen LogP) is 2.66. The molecule has 2 N–H and O–H groups in total. The van der Waals surface area contributed by atoms with E-state index < -0.39 is 12.1 Å². The van der Waals surface area contributed by atoms with E-state index in [2.05, 4.69) is 15.6 Å². The number of likely N-dealkylation sites (N-methyl/N-ethyl adjacent to an activating group) is 1. The molecule has 1 aromatic heterocycles. The molecular formula is C26H30N4O4. The third-order valence-corrected chi connectivity index (χ3v) is 5.97. The summed E-state index contributed by atoms with van der Waals surface area (Å²) in [7, 11) is 1.71. The van der Waals surface area contributed by atoms with Crippen molar-refractivity contribution in [1.29, 1.82) is 0 Å². The Morgan fingerprint density at radius 1 is 1.12 bits per heavy atom. The van der Waals surface area contributed by atoms with Crippen molar-refractivity contribution >= 4 is 28.4 Å². The van der Waals surface area contributed by atoms with E-state index in [0.717, 1.165) is 16.5 Å². The minimum atomic E-state index is -0.748. The minimum Gasteiger partial charge on any atom is -0.489 e. The van der Waals surface area contributed by atoms with Crippen molar-refractivity contribution in [3.05, 3.63) is 66.4 Å². The Balaban J connectivity index is 1.76. The molecule has 2 atom stereocenters. The van der Waals surface area contributed by atoms with Gasteiger partial charge in [-0.2, -0.15) is 0 Å². The molecule has 0 saturated heterocycles. The molecule has 1 aliphatic heterocycles. The van der Waals surface area contributed by atoms with Crippen LogP contribution in [0.1, 0.15) is 18.9 Å². The van der Waals surface area contributed by atoms with Crippen LogP contribution in [-0.4, -0.2) is 55.8 Å². The fraction of sp³-hybridized carbons (Fsp3) is 0.346. The first-order valence-corrected chi connectivity index (χ1v) is 11.5. The molecule has 0 spiro atoms. The van der Waals surface area contributed by atoms with E-state index in [1.165, 1.54) is 0 Å². The molecule has 4 rings (SSSR count). The molecule has 8 nitrogen and oxygen atoms in total. The minimum absolute atomic E-state index is 0.223. The average Bonchev–Trinajstić information content (AvgIpc) is 2.90. The number of rotatable bonds is 5. The fourth-order valence-electron chi connectivity index (χ4n) is 3.93. The lowest BCUT2D eigenvalue weighted by molar-refractivity contribution is -0.129. The maximum Gasteiger partial charge on any atom is 0.250 e. The number of anilines is 1. The largest absolute Gasteiger partial charge is 0.489 e. The first-order chi connectivity index (χ1) is 16.6. The Morgan fingerprint density at radius 3 is 2.76 bits per heavy atom. The summed E-state index contributed by atoms with van der Waals surface area (Å²) >= 11 is 0. The maximum absolute atomic E-state index is 14.0. The van der Waals surface area contributed by atoms with E-state index in [1.54, 1.807) is 25.1 Å². The molecule has 0 saturated carbocycles. The van der Waals surface area contributed by atoms with Crippen LogP contribution in [0, 0.1) is 0 Å². The van der Waals surface area contributed by atoms with E-state index >= 15 is 0 Å². The fourth-order valence-corrected chi connectivity index (χ4v) is 3.93. The summed E-state index contributed by atoms with van der Waals surface area (Å²) in [5.41, 5.74) is 2.46. The van der Waals surface area contributed by atoms with Crippen molar-refractivity contribution in [1.82, 2.24) is 15.6 Å². The summed E-state index contributed by atoms with van der Waals surface area (Å²) in [4.78, 5) is 32.8. The van der Waals surface area contributed by atoms with Crippen molar-refractivity contribution < 1.29 is 19.1 Å². The van der Waals surface area contributed by atoms with Crippen molar-refractivity contribution in [2.45, 2.75) is 32.0 Å². The van der Waals surface area contributed by atoms with Crippen LogP contribution in [0.2, 0.25) is 0 Å². The summed E-state index contributed by atoms with van der Waals surface area (Å²) in [5.74, 6) is 0.127. The van der Waals surface area contributed by atoms with Gasteiger partial charge in [0.15, 0.2) is 0 Å². The highest BCUT2D eigenvalue weighted by Crippen LogP contribution is 2.31. The summed E-state index contributed by atoms with van der Waals surface area (Å²) in [6.45, 7) is 3.15. The molecule has 0 bridgehead atoms. The Labute approximate surface area is 199 Å². The normalized spacial score (nSPS) is 17.9. The molecule has 0 aliphatic carbocycles. The van der Waals surface area contributed by atoms with Crippen molar-refractivity contribution in [3.8, 4) is 5.75 Å². The third kappa shape index (κ3) is 5.35. The van der Waals surface area contributed by atoms with Gasteiger partial charge in [-0.05, 0) is 50.2 Å². The molecule has 1 aliphatic rings. The van der Waals surface area contributed by atoms with Crippen LogP contribution in [0.3, 0.4) is 0 Å². The standard InChI is InChI=1S/C26H30N4O4/c1-18(27-2)25(31)29-22-12-14-33-15-16-34-24-10-6-5-9-23(24)30(26(22)32)17-19-11-13-28-21-8-4-3-7-20(19)21/h3-11,13,18,22,27H,12,14-17H2,1-2H3,(H,29,31). The number of aromatic nitrogens is 1.